The Morgan fingerprint density at radius 1 is 0.846 bits per heavy atom. The van der Waals surface area contributed by atoms with Crippen molar-refractivity contribution < 1.29 is 4.74 Å². The second kappa shape index (κ2) is 12.0. The fourth-order valence-corrected chi connectivity index (χ4v) is 5.19. The Morgan fingerprint density at radius 2 is 1.54 bits per heavy atom. The van der Waals surface area contributed by atoms with Gasteiger partial charge < -0.3 is 4.74 Å². The molecule has 0 amide bonds. The molecule has 0 unspecified atom stereocenters. The van der Waals surface area contributed by atoms with Crippen LogP contribution in [0.25, 0.3) is 0 Å². The number of unbranched alkanes of at least 4 members (excludes halogenated alkanes) is 4. The van der Waals surface area contributed by atoms with E-state index in [1.807, 2.05) is 0 Å². The summed E-state index contributed by atoms with van der Waals surface area (Å²) in [6.07, 6.45) is 21.2. The van der Waals surface area contributed by atoms with Crippen LogP contribution in [0.15, 0.2) is 0 Å². The van der Waals surface area contributed by atoms with Crippen molar-refractivity contribution in [2.45, 2.75) is 123 Å². The summed E-state index contributed by atoms with van der Waals surface area (Å²) in [5, 5.41) is 9.54. The molecule has 0 spiro atoms. The SMILES string of the molecule is CCCCCCC[C@H]1CC[C@H](OC[C@H]2CC[C@@](C#N)(CCC)CC2)CC1. The zero-order valence-corrected chi connectivity index (χ0v) is 17.6. The summed E-state index contributed by atoms with van der Waals surface area (Å²) in [6.45, 7) is 5.44. The van der Waals surface area contributed by atoms with Gasteiger partial charge in [-0.15, -0.1) is 0 Å². The fraction of sp³-hybridized carbons (Fsp3) is 0.958. The van der Waals surface area contributed by atoms with Gasteiger partial charge >= 0.3 is 0 Å². The first-order valence-corrected chi connectivity index (χ1v) is 11.7. The van der Waals surface area contributed by atoms with E-state index in [2.05, 4.69) is 19.9 Å². The summed E-state index contributed by atoms with van der Waals surface area (Å²) in [6, 6.07) is 2.64. The highest BCUT2D eigenvalue weighted by atomic mass is 16.5. The molecule has 0 atom stereocenters. The van der Waals surface area contributed by atoms with Gasteiger partial charge in [0.1, 0.15) is 0 Å². The molecule has 0 bridgehead atoms. The van der Waals surface area contributed by atoms with Crippen LogP contribution in [0, 0.1) is 28.6 Å². The fourth-order valence-electron chi connectivity index (χ4n) is 5.19. The number of rotatable bonds is 11. The van der Waals surface area contributed by atoms with Gasteiger partial charge in [-0.2, -0.15) is 5.26 Å². The van der Waals surface area contributed by atoms with E-state index in [-0.39, 0.29) is 5.41 Å². The van der Waals surface area contributed by atoms with E-state index in [0.717, 1.165) is 38.2 Å². The molecule has 0 saturated heterocycles. The van der Waals surface area contributed by atoms with Gasteiger partial charge in [-0.3, -0.25) is 0 Å². The van der Waals surface area contributed by atoms with Crippen LogP contribution >= 0.6 is 0 Å². The average Bonchev–Trinajstić information content (AvgIpc) is 2.68. The van der Waals surface area contributed by atoms with Crippen LogP contribution in [-0.2, 0) is 4.74 Å². The summed E-state index contributed by atoms with van der Waals surface area (Å²) >= 11 is 0. The first-order chi connectivity index (χ1) is 12.7. The van der Waals surface area contributed by atoms with Crippen LogP contribution in [0.1, 0.15) is 117 Å². The third kappa shape index (κ3) is 7.22. The highest BCUT2D eigenvalue weighted by Crippen LogP contribution is 2.42. The average molecular weight is 362 g/mol. The second-order valence-electron chi connectivity index (χ2n) is 9.26. The number of hydrogen-bond donors (Lipinski definition) is 0. The third-order valence-electron chi connectivity index (χ3n) is 7.11. The molecule has 0 aromatic rings. The van der Waals surface area contributed by atoms with Crippen molar-refractivity contribution >= 4 is 0 Å². The van der Waals surface area contributed by atoms with Gasteiger partial charge in [0.25, 0.3) is 0 Å². The van der Waals surface area contributed by atoms with E-state index in [0.29, 0.717) is 12.0 Å². The maximum Gasteiger partial charge on any atom is 0.0689 e. The van der Waals surface area contributed by atoms with Gasteiger partial charge in [0.2, 0.25) is 0 Å². The first-order valence-electron chi connectivity index (χ1n) is 11.7. The van der Waals surface area contributed by atoms with Crippen LogP contribution in [0.2, 0.25) is 0 Å². The number of nitrogens with zero attached hydrogens (tertiary/aromatic N) is 1. The smallest absolute Gasteiger partial charge is 0.0689 e. The van der Waals surface area contributed by atoms with Gasteiger partial charge in [-0.1, -0.05) is 58.8 Å². The van der Waals surface area contributed by atoms with Crippen molar-refractivity contribution in [2.24, 2.45) is 17.3 Å². The molecular weight excluding hydrogens is 318 g/mol. The molecule has 0 radical (unpaired) electrons. The molecule has 0 aromatic heterocycles. The topological polar surface area (TPSA) is 33.0 Å². The normalized spacial score (nSPS) is 32.3. The number of ether oxygens (including phenoxy) is 1. The van der Waals surface area contributed by atoms with Crippen molar-refractivity contribution in [3.8, 4) is 6.07 Å². The Hall–Kier alpha value is -0.550. The summed E-state index contributed by atoms with van der Waals surface area (Å²) in [4.78, 5) is 0. The monoisotopic (exact) mass is 361 g/mol. The minimum Gasteiger partial charge on any atom is -0.378 e. The third-order valence-corrected chi connectivity index (χ3v) is 7.11. The molecule has 2 aliphatic carbocycles. The molecule has 2 heteroatoms. The zero-order valence-electron chi connectivity index (χ0n) is 17.6. The van der Waals surface area contributed by atoms with Crippen LogP contribution in [0.5, 0.6) is 0 Å². The Labute approximate surface area is 163 Å². The molecule has 0 N–H and O–H groups in total. The molecule has 150 valence electrons. The van der Waals surface area contributed by atoms with E-state index in [9.17, 15) is 5.26 Å². The predicted octanol–water partition coefficient (Wildman–Crippen LogP) is 7.42. The molecular formula is C24H43NO. The van der Waals surface area contributed by atoms with Crippen molar-refractivity contribution in [3.05, 3.63) is 0 Å². The lowest BCUT2D eigenvalue weighted by atomic mass is 9.69. The quantitative estimate of drug-likeness (QED) is 0.359. The van der Waals surface area contributed by atoms with Gasteiger partial charge in [0.05, 0.1) is 17.6 Å². The minimum absolute atomic E-state index is 0.0135. The van der Waals surface area contributed by atoms with E-state index >= 15 is 0 Å². The van der Waals surface area contributed by atoms with Crippen LogP contribution in [-0.4, -0.2) is 12.7 Å². The number of nitriles is 1. The van der Waals surface area contributed by atoms with Crippen molar-refractivity contribution in [3.63, 3.8) is 0 Å². The highest BCUT2D eigenvalue weighted by molar-refractivity contribution is 5.01. The van der Waals surface area contributed by atoms with Crippen LogP contribution < -0.4 is 0 Å². The number of hydrogen-bond acceptors (Lipinski definition) is 2. The van der Waals surface area contributed by atoms with E-state index < -0.39 is 0 Å². The Morgan fingerprint density at radius 3 is 2.15 bits per heavy atom. The molecule has 0 heterocycles. The molecule has 2 aliphatic rings. The van der Waals surface area contributed by atoms with Gasteiger partial charge in [0.15, 0.2) is 0 Å². The van der Waals surface area contributed by atoms with Crippen LogP contribution in [0.4, 0.5) is 0 Å². The Bertz CT molecular complexity index is 397. The molecule has 2 rings (SSSR count). The summed E-state index contributed by atoms with van der Waals surface area (Å²) < 4.78 is 6.31. The first kappa shape index (κ1) is 21.7. The maximum absolute atomic E-state index is 9.54. The van der Waals surface area contributed by atoms with E-state index in [4.69, 9.17) is 4.74 Å². The lowest BCUT2D eigenvalue weighted by molar-refractivity contribution is -0.0134. The van der Waals surface area contributed by atoms with Crippen LogP contribution in [0.3, 0.4) is 0 Å². The maximum atomic E-state index is 9.54. The van der Waals surface area contributed by atoms with E-state index in [1.54, 1.807) is 0 Å². The van der Waals surface area contributed by atoms with Crippen molar-refractivity contribution in [1.82, 2.24) is 0 Å². The lowest BCUT2D eigenvalue weighted by Crippen LogP contribution is -2.30. The lowest BCUT2D eigenvalue weighted by Gasteiger charge is -2.36. The molecule has 26 heavy (non-hydrogen) atoms. The Balaban J connectivity index is 1.55. The molecule has 2 saturated carbocycles. The highest BCUT2D eigenvalue weighted by Gasteiger charge is 2.35. The van der Waals surface area contributed by atoms with Gasteiger partial charge in [-0.05, 0) is 69.6 Å². The van der Waals surface area contributed by atoms with E-state index in [1.165, 1.54) is 77.0 Å². The van der Waals surface area contributed by atoms with Crippen molar-refractivity contribution in [2.75, 3.05) is 6.61 Å². The predicted molar refractivity (Wildman–Crippen MR) is 110 cm³/mol. The summed E-state index contributed by atoms with van der Waals surface area (Å²) in [5.74, 6) is 1.67. The van der Waals surface area contributed by atoms with Gasteiger partial charge in [0, 0.05) is 6.61 Å². The standard InChI is InChI=1S/C24H43NO/c1-3-5-6-7-8-9-21-10-12-23(13-11-21)26-19-22-14-17-24(20-25,16-4-2)18-15-22/h21-23H,3-19H2,1-2H3/t21-,22-,23-,24-. The molecule has 2 fully saturated rings. The second-order valence-corrected chi connectivity index (χ2v) is 9.26. The Kier molecular flexibility index (Phi) is 10.1. The summed E-state index contributed by atoms with van der Waals surface area (Å²) in [5.41, 5.74) is -0.0135. The zero-order chi connectivity index (χ0) is 18.7. The molecule has 0 aliphatic heterocycles. The minimum atomic E-state index is -0.0135. The molecule has 0 aromatic carbocycles. The summed E-state index contributed by atoms with van der Waals surface area (Å²) in [7, 11) is 0. The van der Waals surface area contributed by atoms with Crippen molar-refractivity contribution in [1.29, 1.82) is 5.26 Å². The van der Waals surface area contributed by atoms with Gasteiger partial charge in [-0.25, -0.2) is 0 Å². The largest absolute Gasteiger partial charge is 0.378 e. The molecule has 2 nitrogen and oxygen atoms in total.